The number of carbonyl (C=O) groups excluding carboxylic acids is 1. The van der Waals surface area contributed by atoms with Crippen molar-refractivity contribution in [1.29, 1.82) is 0 Å². The first-order valence-electron chi connectivity index (χ1n) is 7.30. The van der Waals surface area contributed by atoms with Crippen LogP contribution in [0.1, 0.15) is 32.5 Å². The van der Waals surface area contributed by atoms with Gasteiger partial charge in [-0.05, 0) is 23.8 Å². The number of amides is 1. The largest absolute Gasteiger partial charge is 0.366 e. The van der Waals surface area contributed by atoms with Gasteiger partial charge in [-0.1, -0.05) is 36.4 Å². The first kappa shape index (κ1) is 15.4. The molecule has 1 amide bonds. The summed E-state index contributed by atoms with van der Waals surface area (Å²) >= 11 is 1.53. The molecule has 1 aromatic carbocycles. The van der Waals surface area contributed by atoms with E-state index in [1.165, 1.54) is 11.3 Å². The van der Waals surface area contributed by atoms with Gasteiger partial charge < -0.3 is 11.1 Å². The summed E-state index contributed by atoms with van der Waals surface area (Å²) in [5, 5.41) is 5.31. The topological polar surface area (TPSA) is 68.0 Å². The van der Waals surface area contributed by atoms with Crippen molar-refractivity contribution in [2.24, 2.45) is 5.73 Å². The quantitative estimate of drug-likeness (QED) is 0.732. The molecule has 5 heteroatoms. The molecule has 1 atom stereocenters. The molecule has 0 saturated heterocycles. The second kappa shape index (κ2) is 7.17. The minimum atomic E-state index is -0.392. The maximum atomic E-state index is 11.2. The Hall–Kier alpha value is -2.50. The number of benzene rings is 1. The Balaban J connectivity index is 1.80. The molecule has 3 rings (SSSR count). The van der Waals surface area contributed by atoms with Gasteiger partial charge in [0.15, 0.2) is 0 Å². The van der Waals surface area contributed by atoms with E-state index < -0.39 is 5.91 Å². The molecule has 0 bridgehead atoms. The molecule has 0 aliphatic carbocycles. The van der Waals surface area contributed by atoms with Gasteiger partial charge in [0.1, 0.15) is 0 Å². The van der Waals surface area contributed by atoms with Crippen molar-refractivity contribution in [2.75, 3.05) is 0 Å². The number of carbonyl (C=O) groups is 1. The molecule has 0 radical (unpaired) electrons. The molecule has 0 aliphatic heterocycles. The Morgan fingerprint density at radius 2 is 1.96 bits per heavy atom. The van der Waals surface area contributed by atoms with Crippen LogP contribution in [0.3, 0.4) is 0 Å². The summed E-state index contributed by atoms with van der Waals surface area (Å²) in [4.78, 5) is 16.7. The fraction of sp³-hybridized carbons (Fsp3) is 0.111. The van der Waals surface area contributed by atoms with E-state index in [-0.39, 0.29) is 6.04 Å². The SMILES string of the molecule is NC(=O)c1csc(CNC(c2ccccc2)c2ccccn2)c1. The highest BCUT2D eigenvalue weighted by Gasteiger charge is 2.15. The number of nitrogens with one attached hydrogen (secondary N) is 1. The van der Waals surface area contributed by atoms with Crippen molar-refractivity contribution in [3.63, 3.8) is 0 Å². The van der Waals surface area contributed by atoms with Gasteiger partial charge in [0.2, 0.25) is 5.91 Å². The second-order valence-electron chi connectivity index (χ2n) is 5.15. The first-order valence-corrected chi connectivity index (χ1v) is 8.18. The Morgan fingerprint density at radius 3 is 2.61 bits per heavy atom. The minimum Gasteiger partial charge on any atom is -0.366 e. The second-order valence-corrected chi connectivity index (χ2v) is 6.14. The van der Waals surface area contributed by atoms with Crippen LogP contribution in [0.4, 0.5) is 0 Å². The highest BCUT2D eigenvalue weighted by atomic mass is 32.1. The van der Waals surface area contributed by atoms with Gasteiger partial charge >= 0.3 is 0 Å². The Morgan fingerprint density at radius 1 is 1.17 bits per heavy atom. The average molecular weight is 323 g/mol. The maximum Gasteiger partial charge on any atom is 0.249 e. The molecule has 3 N–H and O–H groups in total. The lowest BCUT2D eigenvalue weighted by Gasteiger charge is -2.18. The number of pyridine rings is 1. The number of nitrogens with two attached hydrogens (primary N) is 1. The van der Waals surface area contributed by atoms with E-state index in [0.29, 0.717) is 12.1 Å². The Bertz CT molecular complexity index is 732. The first-order chi connectivity index (χ1) is 11.2. The van der Waals surface area contributed by atoms with Crippen LogP contribution in [-0.2, 0) is 6.54 Å². The highest BCUT2D eigenvalue weighted by Crippen LogP contribution is 2.22. The van der Waals surface area contributed by atoms with Crippen molar-refractivity contribution in [2.45, 2.75) is 12.6 Å². The number of nitrogens with zero attached hydrogens (tertiary/aromatic N) is 1. The molecule has 0 spiro atoms. The molecule has 0 saturated carbocycles. The van der Waals surface area contributed by atoms with Crippen LogP contribution in [0, 0.1) is 0 Å². The molecule has 2 heterocycles. The minimum absolute atomic E-state index is 0.00321. The maximum absolute atomic E-state index is 11.2. The summed E-state index contributed by atoms with van der Waals surface area (Å²) < 4.78 is 0. The zero-order valence-corrected chi connectivity index (χ0v) is 13.3. The molecule has 4 nitrogen and oxygen atoms in total. The van der Waals surface area contributed by atoms with Gasteiger partial charge in [0.25, 0.3) is 0 Å². The summed E-state index contributed by atoms with van der Waals surface area (Å²) in [5.41, 5.74) is 7.97. The summed E-state index contributed by atoms with van der Waals surface area (Å²) in [7, 11) is 0. The normalized spacial score (nSPS) is 12.0. The molecule has 0 fully saturated rings. The van der Waals surface area contributed by atoms with Crippen molar-refractivity contribution in [3.8, 4) is 0 Å². The molecule has 0 aliphatic rings. The molecule has 23 heavy (non-hydrogen) atoms. The lowest BCUT2D eigenvalue weighted by Crippen LogP contribution is -2.22. The van der Waals surface area contributed by atoms with Crippen molar-refractivity contribution in [1.82, 2.24) is 10.3 Å². The van der Waals surface area contributed by atoms with Gasteiger partial charge in [-0.15, -0.1) is 11.3 Å². The summed E-state index contributed by atoms with van der Waals surface area (Å²) in [6.45, 7) is 0.647. The lowest BCUT2D eigenvalue weighted by molar-refractivity contribution is 0.100. The van der Waals surface area contributed by atoms with E-state index in [1.54, 1.807) is 11.6 Å². The third-order valence-electron chi connectivity index (χ3n) is 3.54. The van der Waals surface area contributed by atoms with Gasteiger partial charge in [-0.3, -0.25) is 9.78 Å². The summed E-state index contributed by atoms with van der Waals surface area (Å²) in [6, 6.07) is 17.9. The van der Waals surface area contributed by atoms with Crippen LogP contribution in [-0.4, -0.2) is 10.9 Å². The van der Waals surface area contributed by atoms with Gasteiger partial charge in [-0.25, -0.2) is 0 Å². The van der Waals surface area contributed by atoms with E-state index in [2.05, 4.69) is 22.4 Å². The fourth-order valence-corrected chi connectivity index (χ4v) is 3.21. The van der Waals surface area contributed by atoms with E-state index in [9.17, 15) is 4.79 Å². The number of thiophene rings is 1. The van der Waals surface area contributed by atoms with Crippen LogP contribution >= 0.6 is 11.3 Å². The number of aromatic nitrogens is 1. The predicted molar refractivity (Wildman–Crippen MR) is 92.2 cm³/mol. The highest BCUT2D eigenvalue weighted by molar-refractivity contribution is 7.10. The van der Waals surface area contributed by atoms with E-state index >= 15 is 0 Å². The van der Waals surface area contributed by atoms with Crippen molar-refractivity contribution in [3.05, 3.63) is 87.9 Å². The van der Waals surface area contributed by atoms with Gasteiger partial charge in [0.05, 0.1) is 17.3 Å². The molecule has 1 unspecified atom stereocenters. The zero-order chi connectivity index (χ0) is 16.1. The summed E-state index contributed by atoms with van der Waals surface area (Å²) in [5.74, 6) is -0.392. The standard InChI is InChI=1S/C18H17N3OS/c19-18(22)14-10-15(23-12-14)11-21-17(13-6-2-1-3-7-13)16-8-4-5-9-20-16/h1-10,12,17,21H,11H2,(H2,19,22). The third kappa shape index (κ3) is 3.83. The molecule has 3 aromatic rings. The lowest BCUT2D eigenvalue weighted by atomic mass is 10.0. The van der Waals surface area contributed by atoms with Crippen molar-refractivity contribution < 1.29 is 4.79 Å². The number of hydrogen-bond acceptors (Lipinski definition) is 4. The average Bonchev–Trinajstić information content (AvgIpc) is 3.06. The number of rotatable bonds is 6. The molecular weight excluding hydrogens is 306 g/mol. The van der Waals surface area contributed by atoms with E-state index in [0.717, 1.165) is 16.1 Å². The van der Waals surface area contributed by atoms with Crippen LogP contribution in [0.15, 0.2) is 66.2 Å². The van der Waals surface area contributed by atoms with Crippen LogP contribution in [0.25, 0.3) is 0 Å². The van der Waals surface area contributed by atoms with E-state index in [1.807, 2.05) is 42.5 Å². The molecule has 116 valence electrons. The Kier molecular flexibility index (Phi) is 4.80. The van der Waals surface area contributed by atoms with Gasteiger partial charge in [0, 0.05) is 23.0 Å². The molecule has 2 aromatic heterocycles. The van der Waals surface area contributed by atoms with Crippen LogP contribution in [0.2, 0.25) is 0 Å². The molecular formula is C18H17N3OS. The zero-order valence-electron chi connectivity index (χ0n) is 12.5. The van der Waals surface area contributed by atoms with Crippen LogP contribution < -0.4 is 11.1 Å². The van der Waals surface area contributed by atoms with Gasteiger partial charge in [-0.2, -0.15) is 0 Å². The van der Waals surface area contributed by atoms with E-state index in [4.69, 9.17) is 5.73 Å². The van der Waals surface area contributed by atoms with Crippen molar-refractivity contribution >= 4 is 17.2 Å². The summed E-state index contributed by atoms with van der Waals surface area (Å²) in [6.07, 6.45) is 1.79. The fourth-order valence-electron chi connectivity index (χ4n) is 2.39. The number of primary amides is 1. The third-order valence-corrected chi connectivity index (χ3v) is 4.47. The smallest absolute Gasteiger partial charge is 0.249 e. The monoisotopic (exact) mass is 323 g/mol. The predicted octanol–water partition coefficient (Wildman–Crippen LogP) is 3.12. The number of hydrogen-bond donors (Lipinski definition) is 2. The Labute approximate surface area is 139 Å². The van der Waals surface area contributed by atoms with Crippen LogP contribution in [0.5, 0.6) is 0 Å².